The van der Waals surface area contributed by atoms with Crippen molar-refractivity contribution in [1.82, 2.24) is 0 Å². The number of methoxy groups -OCH3 is 1. The van der Waals surface area contributed by atoms with Crippen LogP contribution in [0.3, 0.4) is 0 Å². The van der Waals surface area contributed by atoms with E-state index in [2.05, 4.69) is 23.5 Å². The molecule has 0 saturated heterocycles. The number of benzene rings is 2. The molecule has 0 aromatic heterocycles. The fraction of sp³-hybridized carbons (Fsp3) is 0.188. The van der Waals surface area contributed by atoms with Crippen LogP contribution in [-0.2, 0) is 4.74 Å². The van der Waals surface area contributed by atoms with E-state index in [9.17, 15) is 0 Å². The van der Waals surface area contributed by atoms with E-state index in [1.807, 2.05) is 36.4 Å². The Bertz CT molecular complexity index is 560. The number of nitrogens with one attached hydrogen (secondary N) is 1. The quantitative estimate of drug-likeness (QED) is 0.887. The maximum atomic E-state index is 8.91. The van der Waals surface area contributed by atoms with E-state index in [4.69, 9.17) is 10.00 Å². The lowest BCUT2D eigenvalue weighted by Crippen LogP contribution is -2.16. The maximum absolute atomic E-state index is 8.91. The Balaban J connectivity index is 2.19. The Morgan fingerprint density at radius 3 is 2.63 bits per heavy atom. The Morgan fingerprint density at radius 1 is 1.16 bits per heavy atom. The van der Waals surface area contributed by atoms with Crippen molar-refractivity contribution in [3.63, 3.8) is 0 Å². The average Bonchev–Trinajstić information content (AvgIpc) is 2.48. The van der Waals surface area contributed by atoms with Gasteiger partial charge >= 0.3 is 0 Å². The zero-order chi connectivity index (χ0) is 13.5. The maximum Gasteiger partial charge on any atom is 0.0992 e. The van der Waals surface area contributed by atoms with Crippen LogP contribution in [0.1, 0.15) is 17.2 Å². The largest absolute Gasteiger partial charge is 0.382 e. The highest BCUT2D eigenvalue weighted by molar-refractivity contribution is 5.50. The molecule has 19 heavy (non-hydrogen) atoms. The summed E-state index contributed by atoms with van der Waals surface area (Å²) in [5.74, 6) is 0. The van der Waals surface area contributed by atoms with Crippen LogP contribution in [0, 0.1) is 11.3 Å². The molecule has 0 fully saturated rings. The minimum atomic E-state index is 0.0696. The molecule has 0 amide bonds. The van der Waals surface area contributed by atoms with Crippen LogP contribution in [0.15, 0.2) is 54.6 Å². The lowest BCUT2D eigenvalue weighted by molar-refractivity contribution is 0.186. The molecule has 1 N–H and O–H groups in total. The van der Waals surface area contributed by atoms with E-state index in [1.165, 1.54) is 0 Å². The molecule has 0 radical (unpaired) electrons. The third-order valence-electron chi connectivity index (χ3n) is 2.87. The molecule has 0 aliphatic heterocycles. The molecule has 2 aromatic rings. The van der Waals surface area contributed by atoms with Crippen LogP contribution < -0.4 is 5.32 Å². The number of nitrogens with zero attached hydrogens (tertiary/aromatic N) is 1. The summed E-state index contributed by atoms with van der Waals surface area (Å²) < 4.78 is 5.26. The second kappa shape index (κ2) is 6.58. The first kappa shape index (κ1) is 13.1. The smallest absolute Gasteiger partial charge is 0.0992 e. The number of anilines is 1. The Labute approximate surface area is 113 Å². The number of ether oxygens (including phenoxy) is 1. The molecule has 3 nitrogen and oxygen atoms in total. The van der Waals surface area contributed by atoms with Gasteiger partial charge in [-0.25, -0.2) is 0 Å². The van der Waals surface area contributed by atoms with Crippen molar-refractivity contribution in [2.75, 3.05) is 19.0 Å². The van der Waals surface area contributed by atoms with Gasteiger partial charge < -0.3 is 10.1 Å². The summed E-state index contributed by atoms with van der Waals surface area (Å²) in [6, 6.07) is 19.8. The Morgan fingerprint density at radius 2 is 1.95 bits per heavy atom. The van der Waals surface area contributed by atoms with Gasteiger partial charge in [0, 0.05) is 12.8 Å². The van der Waals surface area contributed by atoms with Crippen LogP contribution in [0.4, 0.5) is 5.69 Å². The summed E-state index contributed by atoms with van der Waals surface area (Å²) in [4.78, 5) is 0. The van der Waals surface area contributed by atoms with Crippen molar-refractivity contribution in [3.8, 4) is 6.07 Å². The van der Waals surface area contributed by atoms with Gasteiger partial charge in [0.05, 0.1) is 24.3 Å². The summed E-state index contributed by atoms with van der Waals surface area (Å²) in [5.41, 5.74) is 2.73. The summed E-state index contributed by atoms with van der Waals surface area (Å²) in [5, 5.41) is 12.3. The molecule has 0 unspecified atom stereocenters. The van der Waals surface area contributed by atoms with E-state index in [0.717, 1.165) is 11.3 Å². The van der Waals surface area contributed by atoms with Crippen LogP contribution in [0.2, 0.25) is 0 Å². The zero-order valence-electron chi connectivity index (χ0n) is 10.8. The zero-order valence-corrected chi connectivity index (χ0v) is 10.8. The summed E-state index contributed by atoms with van der Waals surface area (Å²) in [7, 11) is 1.68. The van der Waals surface area contributed by atoms with Gasteiger partial charge in [0.25, 0.3) is 0 Å². The van der Waals surface area contributed by atoms with Gasteiger partial charge in [-0.3, -0.25) is 0 Å². The van der Waals surface area contributed by atoms with Gasteiger partial charge in [-0.05, 0) is 23.8 Å². The molecule has 0 saturated carbocycles. The predicted molar refractivity (Wildman–Crippen MR) is 75.8 cm³/mol. The van der Waals surface area contributed by atoms with E-state index in [1.54, 1.807) is 13.2 Å². The normalized spacial score (nSPS) is 11.6. The van der Waals surface area contributed by atoms with Crippen LogP contribution in [0.5, 0.6) is 0 Å². The van der Waals surface area contributed by atoms with Gasteiger partial charge in [-0.2, -0.15) is 5.26 Å². The molecular weight excluding hydrogens is 236 g/mol. The van der Waals surface area contributed by atoms with Crippen LogP contribution >= 0.6 is 0 Å². The molecule has 2 aromatic carbocycles. The third-order valence-corrected chi connectivity index (χ3v) is 2.87. The fourth-order valence-electron chi connectivity index (χ4n) is 1.95. The van der Waals surface area contributed by atoms with E-state index in [0.29, 0.717) is 12.2 Å². The second-order valence-corrected chi connectivity index (χ2v) is 4.26. The molecule has 96 valence electrons. The van der Waals surface area contributed by atoms with Crippen molar-refractivity contribution >= 4 is 5.69 Å². The van der Waals surface area contributed by atoms with Gasteiger partial charge in [0.15, 0.2) is 0 Å². The van der Waals surface area contributed by atoms with E-state index >= 15 is 0 Å². The Hall–Kier alpha value is -2.31. The number of nitriles is 1. The van der Waals surface area contributed by atoms with Crippen molar-refractivity contribution < 1.29 is 4.74 Å². The van der Waals surface area contributed by atoms with Gasteiger partial charge in [-0.1, -0.05) is 36.4 Å². The van der Waals surface area contributed by atoms with Crippen molar-refractivity contribution in [2.45, 2.75) is 6.04 Å². The number of hydrogen-bond acceptors (Lipinski definition) is 3. The van der Waals surface area contributed by atoms with Crippen LogP contribution in [0.25, 0.3) is 0 Å². The molecule has 0 spiro atoms. The molecule has 2 rings (SSSR count). The lowest BCUT2D eigenvalue weighted by atomic mass is 10.1. The first-order valence-electron chi connectivity index (χ1n) is 6.14. The van der Waals surface area contributed by atoms with Crippen molar-refractivity contribution in [1.29, 1.82) is 5.26 Å². The van der Waals surface area contributed by atoms with Crippen LogP contribution in [-0.4, -0.2) is 13.7 Å². The number of hydrogen-bond donors (Lipinski definition) is 1. The molecule has 0 aliphatic carbocycles. The van der Waals surface area contributed by atoms with Crippen molar-refractivity contribution in [2.24, 2.45) is 0 Å². The molecule has 1 atom stereocenters. The SMILES string of the molecule is COC[C@H](Nc1cccc(C#N)c1)c1ccccc1. The highest BCUT2D eigenvalue weighted by Gasteiger charge is 2.10. The molecule has 3 heteroatoms. The summed E-state index contributed by atoms with van der Waals surface area (Å²) >= 11 is 0. The first-order valence-corrected chi connectivity index (χ1v) is 6.14. The molecule has 0 bridgehead atoms. The summed E-state index contributed by atoms with van der Waals surface area (Å²) in [6.45, 7) is 0.570. The van der Waals surface area contributed by atoms with Gasteiger partial charge in [-0.15, -0.1) is 0 Å². The standard InChI is InChI=1S/C16H16N2O/c1-19-12-16(14-7-3-2-4-8-14)18-15-9-5-6-13(10-15)11-17/h2-10,16,18H,12H2,1H3/t16-/m0/s1. The molecule has 0 heterocycles. The topological polar surface area (TPSA) is 45.0 Å². The number of rotatable bonds is 5. The monoisotopic (exact) mass is 252 g/mol. The van der Waals surface area contributed by atoms with Gasteiger partial charge in [0.2, 0.25) is 0 Å². The first-order chi connectivity index (χ1) is 9.33. The Kier molecular flexibility index (Phi) is 4.54. The summed E-state index contributed by atoms with van der Waals surface area (Å²) in [6.07, 6.45) is 0. The predicted octanol–water partition coefficient (Wildman–Crippen LogP) is 3.36. The average molecular weight is 252 g/mol. The minimum absolute atomic E-state index is 0.0696. The minimum Gasteiger partial charge on any atom is -0.382 e. The van der Waals surface area contributed by atoms with Crippen molar-refractivity contribution in [3.05, 3.63) is 65.7 Å². The molecule has 0 aliphatic rings. The highest BCUT2D eigenvalue weighted by Crippen LogP contribution is 2.20. The third kappa shape index (κ3) is 3.57. The second-order valence-electron chi connectivity index (χ2n) is 4.26. The van der Waals surface area contributed by atoms with E-state index in [-0.39, 0.29) is 6.04 Å². The lowest BCUT2D eigenvalue weighted by Gasteiger charge is -2.19. The fourth-order valence-corrected chi connectivity index (χ4v) is 1.95. The molecular formula is C16H16N2O. The van der Waals surface area contributed by atoms with E-state index < -0.39 is 0 Å². The highest BCUT2D eigenvalue weighted by atomic mass is 16.5. The van der Waals surface area contributed by atoms with Gasteiger partial charge in [0.1, 0.15) is 0 Å².